The van der Waals surface area contributed by atoms with Crippen molar-refractivity contribution in [2.75, 3.05) is 12.4 Å². The number of ether oxygens (including phenoxy) is 1. The van der Waals surface area contributed by atoms with E-state index < -0.39 is 11.6 Å². The van der Waals surface area contributed by atoms with Gasteiger partial charge in [-0.05, 0) is 32.2 Å². The normalized spacial score (nSPS) is 11.1. The second-order valence-electron chi connectivity index (χ2n) is 5.53. The number of aryl methyl sites for hydroxylation is 1. The van der Waals surface area contributed by atoms with Crippen molar-refractivity contribution in [3.8, 4) is 0 Å². The molecule has 0 radical (unpaired) electrons. The Morgan fingerprint density at radius 3 is 2.59 bits per heavy atom. The summed E-state index contributed by atoms with van der Waals surface area (Å²) in [5.74, 6) is 0.0986. The van der Waals surface area contributed by atoms with Crippen LogP contribution >= 0.6 is 0 Å². The minimum absolute atomic E-state index is 0.374. The van der Waals surface area contributed by atoms with Gasteiger partial charge in [0.05, 0.1) is 7.11 Å². The number of hydrogen-bond acceptors (Lipinski definition) is 4. The number of methoxy groups -OCH3 is 1. The van der Waals surface area contributed by atoms with Gasteiger partial charge in [-0.15, -0.1) is 0 Å². The number of nitrogens with zero attached hydrogens (tertiary/aromatic N) is 1. The van der Waals surface area contributed by atoms with E-state index in [1.165, 1.54) is 7.11 Å². The van der Waals surface area contributed by atoms with Crippen LogP contribution in [0.4, 0.5) is 10.6 Å². The molecule has 0 saturated carbocycles. The van der Waals surface area contributed by atoms with Gasteiger partial charge in [0.15, 0.2) is 0 Å². The predicted octanol–water partition coefficient (Wildman–Crippen LogP) is 2.62. The minimum Gasteiger partial charge on any atom is -0.453 e. The molecule has 6 heteroatoms. The molecule has 1 aromatic carbocycles. The molecule has 0 aliphatic heterocycles. The number of amides is 2. The van der Waals surface area contributed by atoms with Crippen molar-refractivity contribution in [1.29, 1.82) is 0 Å². The van der Waals surface area contributed by atoms with Crippen LogP contribution < -0.4 is 10.6 Å². The van der Waals surface area contributed by atoms with Crippen LogP contribution in [0.2, 0.25) is 0 Å². The third-order valence-corrected chi connectivity index (χ3v) is 3.27. The standard InChI is InChI=1S/C16H19N3O3/c1-10-9-11-7-5-6-8-12(11)13(17-10)18-14(20)16(2,3)19-15(21)22-4/h5-9H,1-4H3,(H,19,21)(H,17,18,20). The number of carbonyl (C=O) groups excluding carboxylic acids is 2. The third kappa shape index (κ3) is 3.33. The van der Waals surface area contributed by atoms with Gasteiger partial charge in [-0.1, -0.05) is 24.3 Å². The molecule has 0 fully saturated rings. The molecular formula is C16H19N3O3. The Kier molecular flexibility index (Phi) is 4.30. The zero-order chi connectivity index (χ0) is 16.3. The van der Waals surface area contributed by atoms with Crippen LogP contribution in [0, 0.1) is 6.92 Å². The summed E-state index contributed by atoms with van der Waals surface area (Å²) in [6.07, 6.45) is -0.665. The summed E-state index contributed by atoms with van der Waals surface area (Å²) < 4.78 is 4.53. The third-order valence-electron chi connectivity index (χ3n) is 3.27. The van der Waals surface area contributed by atoms with E-state index >= 15 is 0 Å². The van der Waals surface area contributed by atoms with E-state index in [1.54, 1.807) is 13.8 Å². The first kappa shape index (κ1) is 15.8. The molecule has 0 saturated heterocycles. The lowest BCUT2D eigenvalue weighted by Crippen LogP contribution is -2.52. The second-order valence-corrected chi connectivity index (χ2v) is 5.53. The van der Waals surface area contributed by atoms with E-state index in [9.17, 15) is 9.59 Å². The summed E-state index contributed by atoms with van der Waals surface area (Å²) in [5, 5.41) is 7.10. The van der Waals surface area contributed by atoms with Crippen molar-refractivity contribution in [1.82, 2.24) is 10.3 Å². The zero-order valence-electron chi connectivity index (χ0n) is 13.1. The average Bonchev–Trinajstić information content (AvgIpc) is 2.46. The molecule has 1 heterocycles. The van der Waals surface area contributed by atoms with E-state index in [0.29, 0.717) is 5.82 Å². The number of pyridine rings is 1. The number of alkyl carbamates (subject to hydrolysis) is 1. The monoisotopic (exact) mass is 301 g/mol. The molecule has 0 unspecified atom stereocenters. The Labute approximate surface area is 128 Å². The maximum absolute atomic E-state index is 12.4. The van der Waals surface area contributed by atoms with Crippen molar-refractivity contribution in [3.63, 3.8) is 0 Å². The molecule has 0 bridgehead atoms. The van der Waals surface area contributed by atoms with Gasteiger partial charge >= 0.3 is 6.09 Å². The van der Waals surface area contributed by atoms with Gasteiger partial charge in [-0.2, -0.15) is 0 Å². The first-order valence-corrected chi connectivity index (χ1v) is 6.87. The van der Waals surface area contributed by atoms with E-state index in [1.807, 2.05) is 37.3 Å². The number of fused-ring (bicyclic) bond motifs is 1. The molecule has 1 aromatic heterocycles. The average molecular weight is 301 g/mol. The fourth-order valence-electron chi connectivity index (χ4n) is 2.05. The van der Waals surface area contributed by atoms with Gasteiger partial charge in [0.25, 0.3) is 5.91 Å². The molecule has 116 valence electrons. The number of benzene rings is 1. The van der Waals surface area contributed by atoms with Gasteiger partial charge in [0.1, 0.15) is 11.4 Å². The van der Waals surface area contributed by atoms with Crippen LogP contribution in [-0.2, 0) is 9.53 Å². The van der Waals surface area contributed by atoms with Crippen molar-refractivity contribution in [2.45, 2.75) is 26.3 Å². The highest BCUT2D eigenvalue weighted by Crippen LogP contribution is 2.23. The molecule has 0 aliphatic rings. The van der Waals surface area contributed by atoms with Crippen molar-refractivity contribution in [3.05, 3.63) is 36.0 Å². The Morgan fingerprint density at radius 2 is 1.91 bits per heavy atom. The lowest BCUT2D eigenvalue weighted by molar-refractivity contribution is -0.121. The first-order valence-electron chi connectivity index (χ1n) is 6.87. The minimum atomic E-state index is -1.13. The van der Waals surface area contributed by atoms with Crippen LogP contribution in [0.1, 0.15) is 19.5 Å². The molecule has 0 spiro atoms. The summed E-state index contributed by atoms with van der Waals surface area (Å²) in [6.45, 7) is 5.05. The van der Waals surface area contributed by atoms with Crippen LogP contribution in [-0.4, -0.2) is 29.6 Å². The smallest absolute Gasteiger partial charge is 0.407 e. The maximum atomic E-state index is 12.4. The number of hydrogen-bond donors (Lipinski definition) is 2. The van der Waals surface area contributed by atoms with Crippen molar-refractivity contribution < 1.29 is 14.3 Å². The second kappa shape index (κ2) is 6.01. The topological polar surface area (TPSA) is 80.3 Å². The Morgan fingerprint density at radius 1 is 1.23 bits per heavy atom. The van der Waals surface area contributed by atoms with Gasteiger partial charge in [-0.25, -0.2) is 9.78 Å². The molecule has 0 atom stereocenters. The van der Waals surface area contributed by atoms with E-state index in [0.717, 1.165) is 16.5 Å². The fraction of sp³-hybridized carbons (Fsp3) is 0.312. The summed E-state index contributed by atoms with van der Waals surface area (Å²) in [5.41, 5.74) is -0.327. The largest absolute Gasteiger partial charge is 0.453 e. The van der Waals surface area contributed by atoms with Crippen LogP contribution in [0.25, 0.3) is 10.8 Å². The molecule has 2 aromatic rings. The summed E-state index contributed by atoms with van der Waals surface area (Å²) >= 11 is 0. The highest BCUT2D eigenvalue weighted by Gasteiger charge is 2.30. The van der Waals surface area contributed by atoms with Crippen molar-refractivity contribution in [2.24, 2.45) is 0 Å². The Bertz CT molecular complexity index is 726. The summed E-state index contributed by atoms with van der Waals surface area (Å²) in [6, 6.07) is 9.60. The molecule has 2 rings (SSSR count). The molecule has 2 N–H and O–H groups in total. The SMILES string of the molecule is COC(=O)NC(C)(C)C(=O)Nc1nc(C)cc2ccccc12. The van der Waals surface area contributed by atoms with Crippen molar-refractivity contribution >= 4 is 28.6 Å². The quantitative estimate of drug-likeness (QED) is 0.913. The number of aromatic nitrogens is 1. The van der Waals surface area contributed by atoms with Gasteiger partial charge in [0, 0.05) is 11.1 Å². The van der Waals surface area contributed by atoms with Gasteiger partial charge < -0.3 is 15.4 Å². The van der Waals surface area contributed by atoms with E-state index in [2.05, 4.69) is 20.4 Å². The summed E-state index contributed by atoms with van der Waals surface area (Å²) in [7, 11) is 1.25. The molecule has 22 heavy (non-hydrogen) atoms. The fourth-order valence-corrected chi connectivity index (χ4v) is 2.05. The first-order chi connectivity index (χ1) is 10.3. The Balaban J connectivity index is 2.30. The van der Waals surface area contributed by atoms with Crippen LogP contribution in [0.15, 0.2) is 30.3 Å². The highest BCUT2D eigenvalue weighted by atomic mass is 16.5. The van der Waals surface area contributed by atoms with E-state index in [4.69, 9.17) is 0 Å². The Hall–Kier alpha value is -2.63. The maximum Gasteiger partial charge on any atom is 0.407 e. The number of rotatable bonds is 3. The number of carbonyl (C=O) groups is 2. The lowest BCUT2D eigenvalue weighted by Gasteiger charge is -2.24. The number of anilines is 1. The number of nitrogens with one attached hydrogen (secondary N) is 2. The van der Waals surface area contributed by atoms with Crippen LogP contribution in [0.3, 0.4) is 0 Å². The summed E-state index contributed by atoms with van der Waals surface area (Å²) in [4.78, 5) is 28.1. The molecule has 2 amide bonds. The molecule has 0 aliphatic carbocycles. The molecular weight excluding hydrogens is 282 g/mol. The zero-order valence-corrected chi connectivity index (χ0v) is 13.1. The lowest BCUT2D eigenvalue weighted by atomic mass is 10.0. The van der Waals surface area contributed by atoms with Gasteiger partial charge in [-0.3, -0.25) is 4.79 Å². The predicted molar refractivity (Wildman–Crippen MR) is 84.7 cm³/mol. The van der Waals surface area contributed by atoms with Gasteiger partial charge in [0.2, 0.25) is 0 Å². The van der Waals surface area contributed by atoms with E-state index in [-0.39, 0.29) is 5.91 Å². The van der Waals surface area contributed by atoms with Crippen LogP contribution in [0.5, 0.6) is 0 Å². The highest BCUT2D eigenvalue weighted by molar-refractivity contribution is 6.04. The molecule has 6 nitrogen and oxygen atoms in total.